The van der Waals surface area contributed by atoms with Gasteiger partial charge < -0.3 is 15.0 Å². The Labute approximate surface area is 186 Å². The first-order chi connectivity index (χ1) is 15.6. The lowest BCUT2D eigenvalue weighted by molar-refractivity contribution is -0.115. The first kappa shape index (κ1) is 19.8. The Morgan fingerprint density at radius 2 is 1.69 bits per heavy atom. The molecule has 0 unspecified atom stereocenters. The number of amides is 2. The number of nitrogens with zero attached hydrogens (tertiary/aromatic N) is 1. The maximum atomic E-state index is 13.0. The van der Waals surface area contributed by atoms with Crippen LogP contribution in [0.2, 0.25) is 0 Å². The van der Waals surface area contributed by atoms with E-state index in [0.717, 1.165) is 16.3 Å². The molecule has 1 aliphatic rings. The van der Waals surface area contributed by atoms with Gasteiger partial charge in [-0.05, 0) is 47.5 Å². The van der Waals surface area contributed by atoms with E-state index < -0.39 is 0 Å². The van der Waals surface area contributed by atoms with Crippen molar-refractivity contribution in [1.29, 1.82) is 0 Å². The zero-order valence-corrected chi connectivity index (χ0v) is 17.7. The number of fused-ring (bicyclic) bond motifs is 3. The second-order valence-corrected chi connectivity index (χ2v) is 7.69. The van der Waals surface area contributed by atoms with Crippen LogP contribution < -0.4 is 15.0 Å². The number of carbonyl (C=O) groups excluding carboxylic acids is 2. The summed E-state index contributed by atoms with van der Waals surface area (Å²) in [4.78, 5) is 27.5. The van der Waals surface area contributed by atoms with Gasteiger partial charge in [0.2, 0.25) is 5.91 Å². The number of anilines is 2. The third-order valence-electron chi connectivity index (χ3n) is 5.66. The van der Waals surface area contributed by atoms with Crippen molar-refractivity contribution < 1.29 is 14.3 Å². The van der Waals surface area contributed by atoms with Gasteiger partial charge in [0.05, 0.1) is 17.7 Å². The zero-order valence-electron chi connectivity index (χ0n) is 17.7. The fourth-order valence-electron chi connectivity index (χ4n) is 4.14. The van der Waals surface area contributed by atoms with E-state index in [1.165, 1.54) is 0 Å². The molecular formula is C27H22N2O3. The van der Waals surface area contributed by atoms with Gasteiger partial charge >= 0.3 is 0 Å². The van der Waals surface area contributed by atoms with Gasteiger partial charge in [0.15, 0.2) is 5.75 Å². The maximum absolute atomic E-state index is 13.0. The molecule has 4 aromatic rings. The highest BCUT2D eigenvalue weighted by molar-refractivity contribution is 6.10. The number of ether oxygens (including phenoxy) is 1. The van der Waals surface area contributed by atoms with E-state index in [1.807, 2.05) is 67.6 Å². The third kappa shape index (κ3) is 3.58. The van der Waals surface area contributed by atoms with Crippen molar-refractivity contribution in [2.45, 2.75) is 13.3 Å². The Balaban J connectivity index is 1.42. The molecule has 0 atom stereocenters. The van der Waals surface area contributed by atoms with Gasteiger partial charge in [0, 0.05) is 18.3 Å². The number of rotatable bonds is 4. The molecule has 0 spiro atoms. The lowest BCUT2D eigenvalue weighted by atomic mass is 10.0. The normalized spacial score (nSPS) is 12.5. The van der Waals surface area contributed by atoms with Crippen LogP contribution in [0, 0.1) is 0 Å². The van der Waals surface area contributed by atoms with Gasteiger partial charge in [-0.1, -0.05) is 54.6 Å². The Bertz CT molecular complexity index is 1340. The van der Waals surface area contributed by atoms with Crippen molar-refractivity contribution in [1.82, 2.24) is 0 Å². The van der Waals surface area contributed by atoms with E-state index >= 15 is 0 Å². The average molecular weight is 422 g/mol. The molecule has 2 amide bonds. The summed E-state index contributed by atoms with van der Waals surface area (Å²) in [6, 6.07) is 26.6. The molecule has 0 aromatic heterocycles. The zero-order chi connectivity index (χ0) is 22.1. The summed E-state index contributed by atoms with van der Waals surface area (Å²) < 4.78 is 6.09. The van der Waals surface area contributed by atoms with Crippen LogP contribution in [0.4, 0.5) is 11.4 Å². The predicted octanol–water partition coefficient (Wildman–Crippen LogP) is 5.79. The SMILES string of the molecule is CCN1C(=O)c2ccccc2Oc2cc(NC(=O)Cc3cccc4ccccc34)ccc21. The highest BCUT2D eigenvalue weighted by Gasteiger charge is 2.27. The van der Waals surface area contributed by atoms with Crippen molar-refractivity contribution in [3.05, 3.63) is 96.1 Å². The number of benzene rings is 4. The number of carbonyl (C=O) groups is 2. The lowest BCUT2D eigenvalue weighted by Gasteiger charge is -2.20. The summed E-state index contributed by atoms with van der Waals surface area (Å²) in [7, 11) is 0. The summed E-state index contributed by atoms with van der Waals surface area (Å²) in [6.07, 6.45) is 0.266. The van der Waals surface area contributed by atoms with E-state index in [9.17, 15) is 9.59 Å². The Hall–Kier alpha value is -4.12. The molecule has 0 aliphatic carbocycles. The number of para-hydroxylation sites is 1. The van der Waals surface area contributed by atoms with Gasteiger partial charge in [-0.3, -0.25) is 9.59 Å². The van der Waals surface area contributed by atoms with Gasteiger partial charge in [-0.2, -0.15) is 0 Å². The highest BCUT2D eigenvalue weighted by Crippen LogP contribution is 2.40. The summed E-state index contributed by atoms with van der Waals surface area (Å²) >= 11 is 0. The van der Waals surface area contributed by atoms with Crippen molar-refractivity contribution in [3.63, 3.8) is 0 Å². The Morgan fingerprint density at radius 3 is 2.56 bits per heavy atom. The monoisotopic (exact) mass is 422 g/mol. The van der Waals surface area contributed by atoms with E-state index in [1.54, 1.807) is 29.2 Å². The number of nitrogens with one attached hydrogen (secondary N) is 1. The molecular weight excluding hydrogens is 400 g/mol. The fraction of sp³-hybridized carbons (Fsp3) is 0.111. The van der Waals surface area contributed by atoms with Crippen LogP contribution in [-0.2, 0) is 11.2 Å². The molecule has 4 aromatic carbocycles. The number of hydrogen-bond donors (Lipinski definition) is 1. The summed E-state index contributed by atoms with van der Waals surface area (Å²) in [5.41, 5.74) is 2.80. The molecule has 1 aliphatic heterocycles. The van der Waals surface area contributed by atoms with E-state index in [4.69, 9.17) is 4.74 Å². The molecule has 0 bridgehead atoms. The van der Waals surface area contributed by atoms with Gasteiger partial charge in [-0.15, -0.1) is 0 Å². The standard InChI is InChI=1S/C27H22N2O3/c1-2-29-23-15-14-20(17-25(23)32-24-13-6-5-12-22(24)27(29)31)28-26(30)16-19-10-7-9-18-8-3-4-11-21(18)19/h3-15,17H,2,16H2,1H3,(H,28,30). The van der Waals surface area contributed by atoms with Crippen LogP contribution in [0.25, 0.3) is 10.8 Å². The molecule has 32 heavy (non-hydrogen) atoms. The first-order valence-electron chi connectivity index (χ1n) is 10.6. The Morgan fingerprint density at radius 1 is 0.906 bits per heavy atom. The second kappa shape index (κ2) is 8.19. The molecule has 1 heterocycles. The van der Waals surface area contributed by atoms with Crippen LogP contribution in [-0.4, -0.2) is 18.4 Å². The number of hydrogen-bond acceptors (Lipinski definition) is 3. The van der Waals surface area contributed by atoms with E-state index in [-0.39, 0.29) is 18.2 Å². The summed E-state index contributed by atoms with van der Waals surface area (Å²) in [5, 5.41) is 5.15. The van der Waals surface area contributed by atoms with Crippen molar-refractivity contribution in [3.8, 4) is 11.5 Å². The molecule has 0 saturated heterocycles. The molecule has 0 fully saturated rings. The molecule has 158 valence electrons. The minimum atomic E-state index is -0.112. The van der Waals surface area contributed by atoms with Crippen molar-refractivity contribution in [2.75, 3.05) is 16.8 Å². The van der Waals surface area contributed by atoms with E-state index in [2.05, 4.69) is 5.32 Å². The van der Waals surface area contributed by atoms with E-state index in [0.29, 0.717) is 35.0 Å². The second-order valence-electron chi connectivity index (χ2n) is 7.69. The summed E-state index contributed by atoms with van der Waals surface area (Å²) in [6.45, 7) is 2.44. The molecule has 0 saturated carbocycles. The minimum Gasteiger partial charge on any atom is -0.454 e. The van der Waals surface area contributed by atoms with Crippen LogP contribution in [0.5, 0.6) is 11.5 Å². The van der Waals surface area contributed by atoms with Gasteiger partial charge in [0.1, 0.15) is 5.75 Å². The van der Waals surface area contributed by atoms with Gasteiger partial charge in [-0.25, -0.2) is 0 Å². The topological polar surface area (TPSA) is 58.6 Å². The highest BCUT2D eigenvalue weighted by atomic mass is 16.5. The molecule has 5 heteroatoms. The Kier molecular flexibility index (Phi) is 5.07. The molecule has 1 N–H and O–H groups in total. The smallest absolute Gasteiger partial charge is 0.262 e. The van der Waals surface area contributed by atoms with Crippen LogP contribution in [0.3, 0.4) is 0 Å². The van der Waals surface area contributed by atoms with Crippen LogP contribution >= 0.6 is 0 Å². The lowest BCUT2D eigenvalue weighted by Crippen LogP contribution is -2.29. The van der Waals surface area contributed by atoms with Crippen molar-refractivity contribution in [2.24, 2.45) is 0 Å². The van der Waals surface area contributed by atoms with Crippen LogP contribution in [0.1, 0.15) is 22.8 Å². The van der Waals surface area contributed by atoms with Gasteiger partial charge in [0.25, 0.3) is 5.91 Å². The molecule has 5 nitrogen and oxygen atoms in total. The van der Waals surface area contributed by atoms with Crippen molar-refractivity contribution >= 4 is 34.0 Å². The average Bonchev–Trinajstić information content (AvgIpc) is 2.92. The third-order valence-corrected chi connectivity index (χ3v) is 5.66. The first-order valence-corrected chi connectivity index (χ1v) is 10.6. The maximum Gasteiger partial charge on any atom is 0.262 e. The molecule has 5 rings (SSSR count). The minimum absolute atomic E-state index is 0.102. The fourth-order valence-corrected chi connectivity index (χ4v) is 4.14. The summed E-state index contributed by atoms with van der Waals surface area (Å²) in [5.74, 6) is 0.829. The van der Waals surface area contributed by atoms with Crippen LogP contribution in [0.15, 0.2) is 84.9 Å². The quantitative estimate of drug-likeness (QED) is 0.453. The largest absolute Gasteiger partial charge is 0.454 e. The molecule has 0 radical (unpaired) electrons. The predicted molar refractivity (Wildman–Crippen MR) is 127 cm³/mol.